The van der Waals surface area contributed by atoms with Crippen LogP contribution in [-0.4, -0.2) is 114 Å². The molecule has 4 N–H and O–H groups in total. The van der Waals surface area contributed by atoms with Crippen LogP contribution >= 0.6 is 0 Å². The normalized spacial score (nSPS) is 23.7. The molecule has 0 bridgehead atoms. The summed E-state index contributed by atoms with van der Waals surface area (Å²) in [6.45, 7) is 3.87. The van der Waals surface area contributed by atoms with Gasteiger partial charge in [0.1, 0.15) is 29.1 Å². The van der Waals surface area contributed by atoms with E-state index < -0.39 is 34.9 Å². The zero-order chi connectivity index (χ0) is 47.2. The van der Waals surface area contributed by atoms with E-state index in [1.54, 1.807) is 36.3 Å². The SMILES string of the molecule is CC[C@@H]1C(=O)N(C)c2cnc(Nc3ccc(C(=O)NC4(CCO)CC5(CCN(C(=O)[C@H]6CCCN(c7cc(F)c(C8CCC(=O)NC8=O)c(F)c7)C6)CC5)C4)cc3OC)nc2N1C1CCCC1. The van der Waals surface area contributed by atoms with Crippen LogP contribution in [-0.2, 0) is 19.2 Å². The van der Waals surface area contributed by atoms with Gasteiger partial charge in [-0.15, -0.1) is 0 Å². The van der Waals surface area contributed by atoms with Crippen molar-refractivity contribution in [1.29, 1.82) is 0 Å². The number of carbonyl (C=O) groups excluding carboxylic acids is 5. The molecule has 67 heavy (non-hydrogen) atoms. The highest BCUT2D eigenvalue weighted by Gasteiger charge is 2.56. The topological polar surface area (TPSA) is 190 Å². The molecule has 16 nitrogen and oxygen atoms in total. The minimum atomic E-state index is -1.08. The number of hydrogen-bond donors (Lipinski definition) is 4. The number of nitrogens with zero attached hydrogens (tertiary/aromatic N) is 6. The molecule has 1 unspecified atom stereocenters. The van der Waals surface area contributed by atoms with Crippen molar-refractivity contribution in [2.75, 3.05) is 67.0 Å². The van der Waals surface area contributed by atoms with E-state index in [1.165, 1.54) is 19.2 Å². The second-order valence-electron chi connectivity index (χ2n) is 19.6. The van der Waals surface area contributed by atoms with Gasteiger partial charge in [0.05, 0.1) is 30.8 Å². The predicted molar refractivity (Wildman–Crippen MR) is 246 cm³/mol. The number of hydrogen-bond acceptors (Lipinski definition) is 12. The van der Waals surface area contributed by atoms with Crippen molar-refractivity contribution in [1.82, 2.24) is 25.5 Å². The lowest BCUT2D eigenvalue weighted by Crippen LogP contribution is -2.64. The van der Waals surface area contributed by atoms with E-state index in [9.17, 15) is 29.1 Å². The Morgan fingerprint density at radius 3 is 2.39 bits per heavy atom. The number of fused-ring (bicyclic) bond motifs is 1. The zero-order valence-electron chi connectivity index (χ0n) is 38.5. The van der Waals surface area contributed by atoms with Gasteiger partial charge in [0.15, 0.2) is 5.82 Å². The number of anilines is 5. The minimum Gasteiger partial charge on any atom is -0.495 e. The number of nitrogens with one attached hydrogen (secondary N) is 3. The summed E-state index contributed by atoms with van der Waals surface area (Å²) in [7, 11) is 3.29. The number of carbonyl (C=O) groups is 5. The fraction of sp³-hybridized carbons (Fsp3) is 0.571. The minimum absolute atomic E-state index is 0.00800. The van der Waals surface area contributed by atoms with E-state index in [1.807, 2.05) is 16.7 Å². The number of benzene rings is 2. The van der Waals surface area contributed by atoms with E-state index in [0.29, 0.717) is 99.0 Å². The van der Waals surface area contributed by atoms with Gasteiger partial charge in [0.2, 0.25) is 29.6 Å². The second-order valence-corrected chi connectivity index (χ2v) is 19.6. The van der Waals surface area contributed by atoms with Crippen molar-refractivity contribution >= 4 is 58.4 Å². The van der Waals surface area contributed by atoms with Crippen LogP contribution in [0, 0.1) is 23.0 Å². The van der Waals surface area contributed by atoms with Crippen LogP contribution in [0.1, 0.15) is 119 Å². The molecule has 9 rings (SSSR count). The molecule has 4 aliphatic heterocycles. The lowest BCUT2D eigenvalue weighted by Gasteiger charge is -2.59. The lowest BCUT2D eigenvalue weighted by atomic mass is 9.52. The Hall–Kier alpha value is -5.91. The van der Waals surface area contributed by atoms with E-state index in [0.717, 1.165) is 44.3 Å². The van der Waals surface area contributed by atoms with Crippen molar-refractivity contribution in [3.63, 3.8) is 0 Å². The number of piperidine rings is 3. The van der Waals surface area contributed by atoms with Crippen molar-refractivity contribution in [2.45, 2.75) is 120 Å². The lowest BCUT2D eigenvalue weighted by molar-refractivity contribution is -0.141. The molecular formula is C49H61F2N9O7. The van der Waals surface area contributed by atoms with Crippen LogP contribution in [0.4, 0.5) is 37.6 Å². The summed E-state index contributed by atoms with van der Waals surface area (Å²) in [4.78, 5) is 82.2. The van der Waals surface area contributed by atoms with Gasteiger partial charge in [-0.05, 0) is 106 Å². The first kappa shape index (κ1) is 46.2. The Bertz CT molecular complexity index is 2410. The monoisotopic (exact) mass is 925 g/mol. The summed E-state index contributed by atoms with van der Waals surface area (Å²) in [5, 5.41) is 18.8. The van der Waals surface area contributed by atoms with Gasteiger partial charge in [-0.25, -0.2) is 13.8 Å². The molecular weight excluding hydrogens is 865 g/mol. The van der Waals surface area contributed by atoms with Crippen LogP contribution in [0.5, 0.6) is 5.75 Å². The molecule has 5 heterocycles. The molecule has 2 aromatic carbocycles. The van der Waals surface area contributed by atoms with Crippen molar-refractivity contribution in [3.8, 4) is 5.75 Å². The second kappa shape index (κ2) is 18.6. The van der Waals surface area contributed by atoms with Crippen LogP contribution < -0.4 is 35.4 Å². The van der Waals surface area contributed by atoms with E-state index in [2.05, 4.69) is 25.8 Å². The molecule has 18 heteroatoms. The van der Waals surface area contributed by atoms with Gasteiger partial charge in [0, 0.05) is 74.6 Å². The maximum Gasteiger partial charge on any atom is 0.251 e. The van der Waals surface area contributed by atoms with E-state index in [-0.39, 0.29) is 66.2 Å². The highest BCUT2D eigenvalue weighted by molar-refractivity contribution is 6.04. The largest absolute Gasteiger partial charge is 0.495 e. The quantitative estimate of drug-likeness (QED) is 0.163. The summed E-state index contributed by atoms with van der Waals surface area (Å²) >= 11 is 0. The summed E-state index contributed by atoms with van der Waals surface area (Å²) in [6, 6.07) is 7.50. The Labute approximate surface area is 389 Å². The molecule has 0 radical (unpaired) electrons. The molecule has 3 saturated heterocycles. The fourth-order valence-corrected chi connectivity index (χ4v) is 12.0. The summed E-state index contributed by atoms with van der Waals surface area (Å²) < 4.78 is 36.6. The molecule has 2 saturated carbocycles. The average molecular weight is 926 g/mol. The van der Waals surface area contributed by atoms with Crippen molar-refractivity contribution < 1.29 is 42.6 Å². The van der Waals surface area contributed by atoms with Crippen LogP contribution in [0.3, 0.4) is 0 Å². The molecule has 5 amide bonds. The maximum atomic E-state index is 15.4. The zero-order valence-corrected chi connectivity index (χ0v) is 38.5. The molecule has 358 valence electrons. The first-order valence-corrected chi connectivity index (χ1v) is 23.9. The molecule has 3 aromatic rings. The van der Waals surface area contributed by atoms with Gasteiger partial charge >= 0.3 is 0 Å². The Kier molecular flexibility index (Phi) is 12.9. The molecule has 2 aliphatic carbocycles. The van der Waals surface area contributed by atoms with Gasteiger partial charge < -0.3 is 40.1 Å². The van der Waals surface area contributed by atoms with Gasteiger partial charge in [0.25, 0.3) is 5.91 Å². The first-order chi connectivity index (χ1) is 32.2. The number of halogens is 2. The molecule has 1 aromatic heterocycles. The number of amides is 5. The Morgan fingerprint density at radius 1 is 0.985 bits per heavy atom. The van der Waals surface area contributed by atoms with Gasteiger partial charge in [-0.2, -0.15) is 4.98 Å². The van der Waals surface area contributed by atoms with Gasteiger partial charge in [-0.3, -0.25) is 29.3 Å². The highest BCUT2D eigenvalue weighted by atomic mass is 19.1. The number of likely N-dealkylation sites (tertiary alicyclic amines) is 1. The number of methoxy groups -OCH3 is 1. The third-order valence-electron chi connectivity index (χ3n) is 15.4. The molecule has 6 aliphatic rings. The van der Waals surface area contributed by atoms with Crippen molar-refractivity contribution in [3.05, 3.63) is 59.3 Å². The number of aliphatic hydroxyl groups excluding tert-OH is 1. The van der Waals surface area contributed by atoms with E-state index in [4.69, 9.17) is 9.72 Å². The summed E-state index contributed by atoms with van der Waals surface area (Å²) in [5.74, 6) is -3.05. The maximum absolute atomic E-state index is 15.4. The number of aliphatic hydroxyl groups is 1. The predicted octanol–water partition coefficient (Wildman–Crippen LogP) is 5.70. The Morgan fingerprint density at radius 2 is 1.72 bits per heavy atom. The fourth-order valence-electron chi connectivity index (χ4n) is 12.0. The Balaban J connectivity index is 0.810. The van der Waals surface area contributed by atoms with Crippen LogP contribution in [0.25, 0.3) is 0 Å². The molecule has 1 spiro atoms. The van der Waals surface area contributed by atoms with Crippen molar-refractivity contribution in [2.24, 2.45) is 11.3 Å². The van der Waals surface area contributed by atoms with E-state index >= 15 is 8.78 Å². The summed E-state index contributed by atoms with van der Waals surface area (Å²) in [5.41, 5.74) is 0.890. The van der Waals surface area contributed by atoms with Gasteiger partial charge in [-0.1, -0.05) is 19.8 Å². The smallest absolute Gasteiger partial charge is 0.251 e. The third-order valence-corrected chi connectivity index (χ3v) is 15.4. The molecule has 5 fully saturated rings. The number of ether oxygens (including phenoxy) is 1. The average Bonchev–Trinajstić information content (AvgIpc) is 3.85. The number of aromatic nitrogens is 2. The molecule has 3 atom stereocenters. The first-order valence-electron chi connectivity index (χ1n) is 23.9. The summed E-state index contributed by atoms with van der Waals surface area (Å²) in [6.07, 6.45) is 11.2. The van der Waals surface area contributed by atoms with Crippen LogP contribution in [0.2, 0.25) is 0 Å². The van der Waals surface area contributed by atoms with Crippen LogP contribution in [0.15, 0.2) is 36.5 Å². The number of rotatable bonds is 12. The third kappa shape index (κ3) is 8.88. The highest BCUT2D eigenvalue weighted by Crippen LogP contribution is 2.56. The standard InChI is InChI=1S/C49H61F2N9O7/c1-4-37-46(66)57(2)38-25-52-47(55-42(38)60(37)31-9-5-6-10-31)53-36-13-11-29(22-39(36)67-3)43(63)56-49(17-21-61)27-48(28-49)15-19-58(20-16-48)45(65)30-8-7-18-59(26-30)32-23-34(50)41(35(51)24-32)33-12-14-40(62)54-44(33)64/h11,13,22-25,30-31,33,37,61H,4-10,12,14-21,26-28H2,1-3H3,(H,56,63)(H,52,53,55)(H,54,62,64)/t30-,33?,37+/m0/s1. The number of likely N-dealkylation sites (N-methyl/N-ethyl adjacent to an activating group) is 1. The number of imide groups is 1.